The molecular weight excluding hydrogens is 226 g/mol. The molecule has 0 aliphatic carbocycles. The second-order valence-electron chi connectivity index (χ2n) is 5.17. The Labute approximate surface area is 109 Å². The first kappa shape index (κ1) is 14.4. The van der Waals surface area contributed by atoms with Gasteiger partial charge in [0, 0.05) is 19.2 Å². The van der Waals surface area contributed by atoms with Crippen LogP contribution in [0.15, 0.2) is 35.3 Å². The number of carbonyl (C=O) groups excluding carboxylic acids is 1. The molecule has 18 heavy (non-hydrogen) atoms. The number of aliphatic imine (C=N–C) groups is 1. The number of carbonyl (C=O) groups is 1. The minimum absolute atomic E-state index is 0.175. The van der Waals surface area contributed by atoms with Crippen molar-refractivity contribution >= 4 is 11.7 Å². The van der Waals surface area contributed by atoms with Gasteiger partial charge in [0.2, 0.25) is 0 Å². The fraction of sp³-hybridized carbons (Fsp3) is 0.467. The number of nitrogens with zero attached hydrogens (tertiary/aromatic N) is 1. The van der Waals surface area contributed by atoms with Gasteiger partial charge in [0.15, 0.2) is 0 Å². The lowest BCUT2D eigenvalue weighted by molar-refractivity contribution is -0.152. The zero-order chi connectivity index (χ0) is 13.6. The van der Waals surface area contributed by atoms with Gasteiger partial charge in [-0.1, -0.05) is 30.3 Å². The molecule has 0 atom stereocenters. The number of esters is 1. The fourth-order valence-corrected chi connectivity index (χ4v) is 1.47. The number of hydrogen-bond donors (Lipinski definition) is 0. The fourth-order valence-electron chi connectivity index (χ4n) is 1.47. The highest BCUT2D eigenvalue weighted by molar-refractivity contribution is 6.00. The average molecular weight is 247 g/mol. The average Bonchev–Trinajstić information content (AvgIpc) is 2.34. The Kier molecular flexibility index (Phi) is 5.08. The van der Waals surface area contributed by atoms with Gasteiger partial charge >= 0.3 is 5.97 Å². The van der Waals surface area contributed by atoms with Gasteiger partial charge in [-0.2, -0.15) is 0 Å². The lowest BCUT2D eigenvalue weighted by Crippen LogP contribution is -2.24. The van der Waals surface area contributed by atoms with E-state index in [1.54, 1.807) is 7.05 Å². The maximum Gasteiger partial charge on any atom is 0.311 e. The summed E-state index contributed by atoms with van der Waals surface area (Å²) >= 11 is 0. The standard InChI is InChI=1S/C15H21NO2/c1-15(2,3)14(17)18-11-10-13(16-4)12-8-6-5-7-9-12/h5-9H,10-11H2,1-4H3. The smallest absolute Gasteiger partial charge is 0.311 e. The van der Waals surface area contributed by atoms with Crippen molar-refractivity contribution in [1.82, 2.24) is 0 Å². The zero-order valence-corrected chi connectivity index (χ0v) is 11.6. The van der Waals surface area contributed by atoms with Crippen molar-refractivity contribution in [2.24, 2.45) is 10.4 Å². The summed E-state index contributed by atoms with van der Waals surface area (Å²) in [5, 5.41) is 0. The van der Waals surface area contributed by atoms with Crippen LogP contribution in [0, 0.1) is 5.41 Å². The number of rotatable bonds is 4. The number of ether oxygens (including phenoxy) is 1. The summed E-state index contributed by atoms with van der Waals surface area (Å²) in [4.78, 5) is 15.9. The molecule has 1 aromatic rings. The molecule has 0 radical (unpaired) electrons. The highest BCUT2D eigenvalue weighted by Gasteiger charge is 2.22. The van der Waals surface area contributed by atoms with Gasteiger partial charge < -0.3 is 4.74 Å². The molecule has 0 saturated heterocycles. The van der Waals surface area contributed by atoms with Crippen molar-refractivity contribution in [3.8, 4) is 0 Å². The minimum atomic E-state index is -0.448. The quantitative estimate of drug-likeness (QED) is 0.606. The Balaban J connectivity index is 2.51. The van der Waals surface area contributed by atoms with Crippen molar-refractivity contribution in [2.75, 3.05) is 13.7 Å². The summed E-state index contributed by atoms with van der Waals surface area (Å²) in [5.41, 5.74) is 1.58. The Hall–Kier alpha value is -1.64. The molecule has 0 aromatic heterocycles. The molecule has 0 heterocycles. The molecule has 3 nitrogen and oxygen atoms in total. The largest absolute Gasteiger partial charge is 0.465 e. The van der Waals surface area contributed by atoms with Crippen LogP contribution in [-0.4, -0.2) is 25.3 Å². The van der Waals surface area contributed by atoms with Crippen LogP contribution in [-0.2, 0) is 9.53 Å². The molecule has 0 aliphatic heterocycles. The van der Waals surface area contributed by atoms with Gasteiger partial charge in [0.05, 0.1) is 12.0 Å². The first-order valence-corrected chi connectivity index (χ1v) is 6.13. The summed E-state index contributed by atoms with van der Waals surface area (Å²) in [6.45, 7) is 5.92. The highest BCUT2D eigenvalue weighted by Crippen LogP contribution is 2.15. The van der Waals surface area contributed by atoms with Crippen LogP contribution in [0.3, 0.4) is 0 Å². The first-order chi connectivity index (χ1) is 8.45. The first-order valence-electron chi connectivity index (χ1n) is 6.13. The van der Waals surface area contributed by atoms with Crippen LogP contribution in [0.4, 0.5) is 0 Å². The third-order valence-corrected chi connectivity index (χ3v) is 2.56. The molecule has 3 heteroatoms. The molecule has 0 unspecified atom stereocenters. The third-order valence-electron chi connectivity index (χ3n) is 2.56. The van der Waals surface area contributed by atoms with E-state index in [0.29, 0.717) is 13.0 Å². The maximum absolute atomic E-state index is 11.6. The topological polar surface area (TPSA) is 38.7 Å². The summed E-state index contributed by atoms with van der Waals surface area (Å²) < 4.78 is 5.24. The second-order valence-corrected chi connectivity index (χ2v) is 5.17. The summed E-state index contributed by atoms with van der Waals surface area (Å²) in [7, 11) is 1.76. The van der Waals surface area contributed by atoms with Gasteiger partial charge in [-0.15, -0.1) is 0 Å². The van der Waals surface area contributed by atoms with E-state index >= 15 is 0 Å². The van der Waals surface area contributed by atoms with Gasteiger partial charge in [-0.05, 0) is 26.3 Å². The molecule has 1 rings (SSSR count). The van der Waals surface area contributed by atoms with Crippen LogP contribution >= 0.6 is 0 Å². The molecule has 0 fully saturated rings. The lowest BCUT2D eigenvalue weighted by Gasteiger charge is -2.16. The van der Waals surface area contributed by atoms with E-state index in [9.17, 15) is 4.79 Å². The van der Waals surface area contributed by atoms with Crippen LogP contribution in [0.1, 0.15) is 32.8 Å². The van der Waals surface area contributed by atoms with Crippen LogP contribution in [0.5, 0.6) is 0 Å². The zero-order valence-electron chi connectivity index (χ0n) is 11.6. The molecule has 0 N–H and O–H groups in total. The van der Waals surface area contributed by atoms with Crippen LogP contribution in [0.25, 0.3) is 0 Å². The Morgan fingerprint density at radius 1 is 1.22 bits per heavy atom. The SMILES string of the molecule is CN=C(CCOC(=O)C(C)(C)C)c1ccccc1. The summed E-state index contributed by atoms with van der Waals surface area (Å²) in [5.74, 6) is -0.175. The van der Waals surface area contributed by atoms with Crippen molar-refractivity contribution in [3.05, 3.63) is 35.9 Å². The molecule has 0 aliphatic rings. The van der Waals surface area contributed by atoms with E-state index in [4.69, 9.17) is 4.74 Å². The predicted octanol–water partition coefficient (Wildman–Crippen LogP) is 3.08. The van der Waals surface area contributed by atoms with Crippen LogP contribution in [0.2, 0.25) is 0 Å². The second kappa shape index (κ2) is 6.34. The summed E-state index contributed by atoms with van der Waals surface area (Å²) in [6, 6.07) is 9.93. The monoisotopic (exact) mass is 247 g/mol. The molecule has 0 saturated carbocycles. The van der Waals surface area contributed by atoms with Gasteiger partial charge in [0.1, 0.15) is 0 Å². The van der Waals surface area contributed by atoms with E-state index in [2.05, 4.69) is 4.99 Å². The normalized spacial score (nSPS) is 12.3. The van der Waals surface area contributed by atoms with Crippen molar-refractivity contribution in [2.45, 2.75) is 27.2 Å². The van der Waals surface area contributed by atoms with Crippen LogP contribution < -0.4 is 0 Å². The van der Waals surface area contributed by atoms with E-state index in [0.717, 1.165) is 11.3 Å². The molecular formula is C15H21NO2. The lowest BCUT2D eigenvalue weighted by atomic mass is 9.97. The van der Waals surface area contributed by atoms with Crippen molar-refractivity contribution < 1.29 is 9.53 Å². The number of benzene rings is 1. The molecule has 98 valence electrons. The summed E-state index contributed by atoms with van der Waals surface area (Å²) in [6.07, 6.45) is 0.641. The molecule has 0 amide bonds. The van der Waals surface area contributed by atoms with Gasteiger partial charge in [-0.3, -0.25) is 9.79 Å². The number of hydrogen-bond acceptors (Lipinski definition) is 3. The maximum atomic E-state index is 11.6. The Bertz CT molecular complexity index is 416. The molecule has 0 spiro atoms. The van der Waals surface area contributed by atoms with E-state index in [-0.39, 0.29) is 5.97 Å². The van der Waals surface area contributed by atoms with E-state index in [1.165, 1.54) is 0 Å². The molecule has 1 aromatic carbocycles. The highest BCUT2D eigenvalue weighted by atomic mass is 16.5. The van der Waals surface area contributed by atoms with E-state index in [1.807, 2.05) is 51.1 Å². The molecule has 0 bridgehead atoms. The van der Waals surface area contributed by atoms with E-state index < -0.39 is 5.41 Å². The van der Waals surface area contributed by atoms with Gasteiger partial charge in [0.25, 0.3) is 0 Å². The third kappa shape index (κ3) is 4.32. The minimum Gasteiger partial charge on any atom is -0.465 e. The van der Waals surface area contributed by atoms with Crippen molar-refractivity contribution in [1.29, 1.82) is 0 Å². The van der Waals surface area contributed by atoms with Crippen molar-refractivity contribution in [3.63, 3.8) is 0 Å². The Morgan fingerprint density at radius 2 is 1.83 bits per heavy atom. The van der Waals surface area contributed by atoms with Gasteiger partial charge in [-0.25, -0.2) is 0 Å². The Morgan fingerprint density at radius 3 is 2.33 bits per heavy atom. The predicted molar refractivity (Wildman–Crippen MR) is 73.9 cm³/mol.